The molecule has 0 spiro atoms. The van der Waals surface area contributed by atoms with Gasteiger partial charge in [-0.05, 0) is 43.7 Å². The van der Waals surface area contributed by atoms with Crippen LogP contribution in [0.3, 0.4) is 0 Å². The van der Waals surface area contributed by atoms with E-state index in [0.717, 1.165) is 13.0 Å². The van der Waals surface area contributed by atoms with Gasteiger partial charge in [-0.25, -0.2) is 0 Å². The number of benzene rings is 1. The molecule has 0 aliphatic carbocycles. The van der Waals surface area contributed by atoms with Gasteiger partial charge in [0, 0.05) is 13.0 Å². The Morgan fingerprint density at radius 3 is 2.03 bits per heavy atom. The number of nitrogens with zero attached hydrogens (tertiary/aromatic N) is 1. The second kappa shape index (κ2) is 17.6. The van der Waals surface area contributed by atoms with Crippen LogP contribution in [0.25, 0.3) is 0 Å². The minimum atomic E-state index is 0. The van der Waals surface area contributed by atoms with Crippen molar-refractivity contribution in [2.45, 2.75) is 123 Å². The Kier molecular flexibility index (Phi) is 15.9. The standard InChI is InChI=1S/C27H46N2.ClH/c1-3-4-5-6-7-8-9-10-11-12-14-17-25-19-21-26(22-20-25)24(2)29-27-18-15-13-16-23-28-27;/h19-22,24H,3-18,23H2,1-2H3,(H,28,29);1H. The number of unbranched alkanes of at least 4 members (excludes halogenated alkanes) is 10. The fraction of sp³-hybridized carbons (Fsp3) is 0.741. The molecule has 1 aromatic rings. The van der Waals surface area contributed by atoms with E-state index in [0.29, 0.717) is 0 Å². The predicted octanol–water partition coefficient (Wildman–Crippen LogP) is 8.59. The van der Waals surface area contributed by atoms with Gasteiger partial charge in [0.2, 0.25) is 0 Å². The summed E-state index contributed by atoms with van der Waals surface area (Å²) in [6, 6.07) is 9.48. The molecule has 0 radical (unpaired) electrons. The summed E-state index contributed by atoms with van der Waals surface area (Å²) in [5.41, 5.74) is 2.82. The summed E-state index contributed by atoms with van der Waals surface area (Å²) in [6.45, 7) is 5.60. The van der Waals surface area contributed by atoms with Gasteiger partial charge in [-0.15, -0.1) is 12.4 Å². The van der Waals surface area contributed by atoms with Gasteiger partial charge in [0.05, 0.1) is 11.9 Å². The van der Waals surface area contributed by atoms with Crippen LogP contribution in [0, 0.1) is 0 Å². The van der Waals surface area contributed by atoms with Crippen molar-refractivity contribution in [3.8, 4) is 0 Å². The molecule has 1 aliphatic rings. The summed E-state index contributed by atoms with van der Waals surface area (Å²) in [7, 11) is 0. The Morgan fingerprint density at radius 2 is 1.40 bits per heavy atom. The first-order valence-electron chi connectivity index (χ1n) is 12.7. The molecule has 1 aromatic carbocycles. The van der Waals surface area contributed by atoms with Crippen molar-refractivity contribution in [2.75, 3.05) is 6.54 Å². The van der Waals surface area contributed by atoms with Crippen LogP contribution >= 0.6 is 12.4 Å². The summed E-state index contributed by atoms with van der Waals surface area (Å²) in [5, 5.41) is 3.51. The highest BCUT2D eigenvalue weighted by Crippen LogP contribution is 2.20. The highest BCUT2D eigenvalue weighted by molar-refractivity contribution is 5.85. The van der Waals surface area contributed by atoms with Crippen LogP contribution in [0.5, 0.6) is 0 Å². The summed E-state index contributed by atoms with van der Waals surface area (Å²) < 4.78 is 0. The SMILES string of the molecule is CCCCCCCCCCCCCc1ccc(C(C)/N=C2\CCCCCN2)cc1.Cl. The molecule has 1 heterocycles. The third-order valence-corrected chi connectivity index (χ3v) is 6.30. The second-order valence-electron chi connectivity index (χ2n) is 9.02. The van der Waals surface area contributed by atoms with E-state index in [1.165, 1.54) is 113 Å². The molecule has 30 heavy (non-hydrogen) atoms. The molecule has 1 unspecified atom stereocenters. The zero-order valence-electron chi connectivity index (χ0n) is 19.8. The highest BCUT2D eigenvalue weighted by atomic mass is 35.5. The van der Waals surface area contributed by atoms with Gasteiger partial charge >= 0.3 is 0 Å². The van der Waals surface area contributed by atoms with E-state index in [9.17, 15) is 0 Å². The van der Waals surface area contributed by atoms with Crippen LogP contribution in [0.1, 0.15) is 127 Å². The molecule has 0 aromatic heterocycles. The lowest BCUT2D eigenvalue weighted by Gasteiger charge is -2.12. The molecule has 1 saturated heterocycles. The lowest BCUT2D eigenvalue weighted by molar-refractivity contribution is 0.549. The molecule has 1 atom stereocenters. The molecule has 0 saturated carbocycles. The fourth-order valence-electron chi connectivity index (χ4n) is 4.29. The average Bonchev–Trinajstić information content (AvgIpc) is 3.01. The number of hydrogen-bond acceptors (Lipinski definition) is 1. The maximum atomic E-state index is 4.93. The van der Waals surface area contributed by atoms with Crippen LogP contribution < -0.4 is 5.32 Å². The maximum absolute atomic E-state index is 4.93. The van der Waals surface area contributed by atoms with Crippen molar-refractivity contribution in [2.24, 2.45) is 4.99 Å². The van der Waals surface area contributed by atoms with Crippen molar-refractivity contribution in [1.29, 1.82) is 0 Å². The van der Waals surface area contributed by atoms with E-state index in [-0.39, 0.29) is 18.4 Å². The largest absolute Gasteiger partial charge is 0.374 e. The van der Waals surface area contributed by atoms with E-state index in [2.05, 4.69) is 43.4 Å². The second-order valence-corrected chi connectivity index (χ2v) is 9.02. The third-order valence-electron chi connectivity index (χ3n) is 6.30. The van der Waals surface area contributed by atoms with Crippen molar-refractivity contribution in [1.82, 2.24) is 5.32 Å². The monoisotopic (exact) mass is 434 g/mol. The zero-order chi connectivity index (χ0) is 20.6. The number of nitrogens with one attached hydrogen (secondary N) is 1. The smallest absolute Gasteiger partial charge is 0.0970 e. The first kappa shape index (κ1) is 27.0. The predicted molar refractivity (Wildman–Crippen MR) is 136 cm³/mol. The number of aliphatic imine (C=N–C) groups is 1. The molecule has 0 amide bonds. The number of halogens is 1. The Balaban J connectivity index is 0.00000450. The molecule has 2 nitrogen and oxygen atoms in total. The van der Waals surface area contributed by atoms with Crippen molar-refractivity contribution in [3.05, 3.63) is 35.4 Å². The van der Waals surface area contributed by atoms with Crippen LogP contribution in [0.15, 0.2) is 29.3 Å². The Morgan fingerprint density at radius 1 is 0.800 bits per heavy atom. The Hall–Kier alpha value is -1.02. The van der Waals surface area contributed by atoms with E-state index < -0.39 is 0 Å². The summed E-state index contributed by atoms with van der Waals surface area (Å²) in [4.78, 5) is 4.93. The lowest BCUT2D eigenvalue weighted by Crippen LogP contribution is -2.22. The number of rotatable bonds is 14. The molecule has 1 aliphatic heterocycles. The van der Waals surface area contributed by atoms with Crippen molar-refractivity contribution in [3.63, 3.8) is 0 Å². The molecule has 1 N–H and O–H groups in total. The van der Waals surface area contributed by atoms with E-state index in [1.807, 2.05) is 0 Å². The van der Waals surface area contributed by atoms with Gasteiger partial charge in [0.25, 0.3) is 0 Å². The molecule has 2 rings (SSSR count). The van der Waals surface area contributed by atoms with E-state index >= 15 is 0 Å². The van der Waals surface area contributed by atoms with Crippen LogP contribution in [-0.2, 0) is 6.42 Å². The summed E-state index contributed by atoms with van der Waals surface area (Å²) in [5.74, 6) is 1.21. The van der Waals surface area contributed by atoms with Gasteiger partial charge in [0.15, 0.2) is 0 Å². The third kappa shape index (κ3) is 12.0. The van der Waals surface area contributed by atoms with Gasteiger partial charge < -0.3 is 5.32 Å². The number of aryl methyl sites for hydroxylation is 1. The topological polar surface area (TPSA) is 24.4 Å². The van der Waals surface area contributed by atoms with Crippen LogP contribution in [0.4, 0.5) is 0 Å². The number of amidine groups is 1. The van der Waals surface area contributed by atoms with Crippen molar-refractivity contribution >= 4 is 18.2 Å². The van der Waals surface area contributed by atoms with Gasteiger partial charge in [-0.2, -0.15) is 0 Å². The Bertz CT molecular complexity index is 542. The van der Waals surface area contributed by atoms with Crippen molar-refractivity contribution < 1.29 is 0 Å². The van der Waals surface area contributed by atoms with Crippen LogP contribution in [0.2, 0.25) is 0 Å². The first-order chi connectivity index (χ1) is 14.3. The highest BCUT2D eigenvalue weighted by Gasteiger charge is 2.08. The minimum Gasteiger partial charge on any atom is -0.374 e. The molecule has 3 heteroatoms. The number of hydrogen-bond donors (Lipinski definition) is 1. The van der Waals surface area contributed by atoms with E-state index in [1.54, 1.807) is 0 Å². The lowest BCUT2D eigenvalue weighted by atomic mass is 10.0. The van der Waals surface area contributed by atoms with E-state index in [4.69, 9.17) is 4.99 Å². The Labute approximate surface area is 193 Å². The summed E-state index contributed by atoms with van der Waals surface area (Å²) in [6.07, 6.45) is 21.8. The maximum Gasteiger partial charge on any atom is 0.0970 e. The quantitative estimate of drug-likeness (QED) is 0.291. The normalized spacial score (nSPS) is 16.5. The summed E-state index contributed by atoms with van der Waals surface area (Å²) >= 11 is 0. The molecule has 1 fully saturated rings. The molecular weight excluding hydrogens is 388 g/mol. The molecule has 0 bridgehead atoms. The first-order valence-corrected chi connectivity index (χ1v) is 12.7. The minimum absolute atomic E-state index is 0. The van der Waals surface area contributed by atoms with Crippen LogP contribution in [-0.4, -0.2) is 12.4 Å². The fourth-order valence-corrected chi connectivity index (χ4v) is 4.29. The van der Waals surface area contributed by atoms with Gasteiger partial charge in [-0.1, -0.05) is 102 Å². The zero-order valence-corrected chi connectivity index (χ0v) is 20.6. The average molecular weight is 435 g/mol. The van der Waals surface area contributed by atoms with Gasteiger partial charge in [0.1, 0.15) is 0 Å². The molecule has 172 valence electrons. The molecular formula is C27H47ClN2. The van der Waals surface area contributed by atoms with Gasteiger partial charge in [-0.3, -0.25) is 4.99 Å².